The average molecular weight is 267 g/mol. The monoisotopic (exact) mass is 267 g/mol. The van der Waals surface area contributed by atoms with Crippen LogP contribution in [0.4, 0.5) is 0 Å². The molecule has 1 heterocycles. The molecule has 0 spiro atoms. The van der Waals surface area contributed by atoms with Crippen LogP contribution in [-0.4, -0.2) is 36.5 Å². The molecule has 0 atom stereocenters. The lowest BCUT2D eigenvalue weighted by Crippen LogP contribution is -1.96. The van der Waals surface area contributed by atoms with Gasteiger partial charge in [-0.3, -0.25) is 0 Å². The molecule has 18 heavy (non-hydrogen) atoms. The SMILES string of the molecule is COc1nc(-c2ccc(S(C)(=O)=O)cc2)nn1C. The molecular formula is C11H13N3O3S. The largest absolute Gasteiger partial charge is 0.467 e. The minimum Gasteiger partial charge on any atom is -0.467 e. The molecule has 0 aliphatic carbocycles. The predicted molar refractivity (Wildman–Crippen MR) is 66.1 cm³/mol. The van der Waals surface area contributed by atoms with Gasteiger partial charge in [0.05, 0.1) is 12.0 Å². The molecule has 1 aromatic carbocycles. The van der Waals surface area contributed by atoms with Crippen LogP contribution in [0.1, 0.15) is 0 Å². The molecule has 0 saturated heterocycles. The topological polar surface area (TPSA) is 74.1 Å². The molecule has 0 fully saturated rings. The van der Waals surface area contributed by atoms with Crippen molar-refractivity contribution in [2.24, 2.45) is 7.05 Å². The second kappa shape index (κ2) is 4.41. The zero-order chi connectivity index (χ0) is 13.3. The van der Waals surface area contributed by atoms with E-state index in [4.69, 9.17) is 4.74 Å². The lowest BCUT2D eigenvalue weighted by molar-refractivity contribution is 0.359. The summed E-state index contributed by atoms with van der Waals surface area (Å²) in [6.45, 7) is 0. The first kappa shape index (κ1) is 12.6. The number of nitrogens with zero attached hydrogens (tertiary/aromatic N) is 3. The fourth-order valence-electron chi connectivity index (χ4n) is 1.52. The molecule has 6 nitrogen and oxygen atoms in total. The summed E-state index contributed by atoms with van der Waals surface area (Å²) in [5.74, 6) is 0.495. The Morgan fingerprint density at radius 2 is 1.83 bits per heavy atom. The van der Waals surface area contributed by atoms with E-state index >= 15 is 0 Å². The highest BCUT2D eigenvalue weighted by Crippen LogP contribution is 2.20. The lowest BCUT2D eigenvalue weighted by Gasteiger charge is -1.99. The summed E-state index contributed by atoms with van der Waals surface area (Å²) in [6.07, 6.45) is 1.17. The van der Waals surface area contributed by atoms with Gasteiger partial charge in [0.15, 0.2) is 15.7 Å². The van der Waals surface area contributed by atoms with Gasteiger partial charge in [-0.2, -0.15) is 4.98 Å². The number of sulfone groups is 1. The number of methoxy groups -OCH3 is 1. The van der Waals surface area contributed by atoms with Gasteiger partial charge in [0.2, 0.25) is 0 Å². The smallest absolute Gasteiger partial charge is 0.314 e. The van der Waals surface area contributed by atoms with Gasteiger partial charge in [-0.25, -0.2) is 13.1 Å². The van der Waals surface area contributed by atoms with E-state index < -0.39 is 9.84 Å². The minimum atomic E-state index is -3.18. The van der Waals surface area contributed by atoms with E-state index in [-0.39, 0.29) is 4.90 Å². The standard InChI is InChI=1S/C11H13N3O3S/c1-14-11(17-2)12-10(13-14)8-4-6-9(7-5-8)18(3,15)16/h4-7H,1-3H3. The van der Waals surface area contributed by atoms with E-state index in [1.165, 1.54) is 30.2 Å². The van der Waals surface area contributed by atoms with Crippen molar-refractivity contribution < 1.29 is 13.2 Å². The first-order chi connectivity index (χ1) is 8.41. The summed E-state index contributed by atoms with van der Waals surface area (Å²) in [4.78, 5) is 4.44. The highest BCUT2D eigenvalue weighted by atomic mass is 32.2. The van der Waals surface area contributed by atoms with Crippen molar-refractivity contribution in [3.8, 4) is 17.4 Å². The number of aromatic nitrogens is 3. The maximum absolute atomic E-state index is 11.3. The van der Waals surface area contributed by atoms with Crippen LogP contribution in [0.5, 0.6) is 6.01 Å². The van der Waals surface area contributed by atoms with Crippen LogP contribution in [-0.2, 0) is 16.9 Å². The number of aryl methyl sites for hydroxylation is 1. The molecule has 96 valence electrons. The van der Waals surface area contributed by atoms with E-state index in [9.17, 15) is 8.42 Å². The Kier molecular flexibility index (Phi) is 3.08. The summed E-state index contributed by atoms with van der Waals surface area (Å²) in [5.41, 5.74) is 0.737. The molecule has 2 rings (SSSR count). The third-order valence-corrected chi connectivity index (χ3v) is 3.57. The van der Waals surface area contributed by atoms with Crippen LogP contribution in [0.15, 0.2) is 29.2 Å². The molecule has 0 unspecified atom stereocenters. The van der Waals surface area contributed by atoms with Gasteiger partial charge in [0, 0.05) is 18.9 Å². The molecule has 2 aromatic rings. The summed E-state index contributed by atoms with van der Waals surface area (Å²) < 4.78 is 29.2. The highest BCUT2D eigenvalue weighted by molar-refractivity contribution is 7.90. The average Bonchev–Trinajstić information content (AvgIpc) is 2.69. The van der Waals surface area contributed by atoms with E-state index in [1.54, 1.807) is 19.2 Å². The first-order valence-electron chi connectivity index (χ1n) is 5.17. The van der Waals surface area contributed by atoms with Crippen LogP contribution in [0.25, 0.3) is 11.4 Å². The van der Waals surface area contributed by atoms with Crippen molar-refractivity contribution in [1.29, 1.82) is 0 Å². The van der Waals surface area contributed by atoms with Crippen molar-refractivity contribution >= 4 is 9.84 Å². The molecule has 0 aliphatic rings. The third-order valence-electron chi connectivity index (χ3n) is 2.45. The van der Waals surface area contributed by atoms with Crippen LogP contribution < -0.4 is 4.74 Å². The van der Waals surface area contributed by atoms with Gasteiger partial charge in [-0.15, -0.1) is 5.10 Å². The lowest BCUT2D eigenvalue weighted by atomic mass is 10.2. The zero-order valence-corrected chi connectivity index (χ0v) is 11.1. The normalized spacial score (nSPS) is 11.5. The highest BCUT2D eigenvalue weighted by Gasteiger charge is 2.11. The first-order valence-corrected chi connectivity index (χ1v) is 7.06. The van der Waals surface area contributed by atoms with Gasteiger partial charge in [-0.1, -0.05) is 0 Å². The molecule has 0 aliphatic heterocycles. The summed E-state index contributed by atoms with van der Waals surface area (Å²) in [7, 11) is 0.0568. The van der Waals surface area contributed by atoms with E-state index in [0.717, 1.165) is 5.56 Å². The van der Waals surface area contributed by atoms with E-state index in [2.05, 4.69) is 10.1 Å². The molecular weight excluding hydrogens is 254 g/mol. The molecule has 0 N–H and O–H groups in total. The van der Waals surface area contributed by atoms with E-state index in [1.807, 2.05) is 0 Å². The summed E-state index contributed by atoms with van der Waals surface area (Å²) in [6, 6.07) is 6.81. The quantitative estimate of drug-likeness (QED) is 0.825. The number of hydrogen-bond donors (Lipinski definition) is 0. The van der Waals surface area contributed by atoms with Gasteiger partial charge >= 0.3 is 6.01 Å². The van der Waals surface area contributed by atoms with Crippen LogP contribution in [0.3, 0.4) is 0 Å². The van der Waals surface area contributed by atoms with Crippen molar-refractivity contribution in [3.05, 3.63) is 24.3 Å². The van der Waals surface area contributed by atoms with E-state index in [0.29, 0.717) is 11.8 Å². The van der Waals surface area contributed by atoms with Gasteiger partial charge in [-0.05, 0) is 24.3 Å². The van der Waals surface area contributed by atoms with Crippen molar-refractivity contribution in [3.63, 3.8) is 0 Å². The van der Waals surface area contributed by atoms with Gasteiger partial charge in [0.25, 0.3) is 0 Å². The Balaban J connectivity index is 2.40. The fourth-order valence-corrected chi connectivity index (χ4v) is 2.15. The molecule has 7 heteroatoms. The van der Waals surface area contributed by atoms with Crippen LogP contribution in [0.2, 0.25) is 0 Å². The maximum atomic E-state index is 11.3. The Morgan fingerprint density at radius 3 is 2.28 bits per heavy atom. The summed E-state index contributed by atoms with van der Waals surface area (Å²) in [5, 5.41) is 4.17. The minimum absolute atomic E-state index is 0.272. The second-order valence-electron chi connectivity index (χ2n) is 3.84. The Bertz CT molecular complexity index is 659. The molecule has 0 bridgehead atoms. The number of hydrogen-bond acceptors (Lipinski definition) is 5. The van der Waals surface area contributed by atoms with Crippen molar-refractivity contribution in [2.75, 3.05) is 13.4 Å². The zero-order valence-electron chi connectivity index (χ0n) is 10.3. The molecule has 0 saturated carbocycles. The Morgan fingerprint density at radius 1 is 1.22 bits per heavy atom. The second-order valence-corrected chi connectivity index (χ2v) is 5.86. The number of ether oxygens (including phenoxy) is 1. The van der Waals surface area contributed by atoms with Gasteiger partial charge in [0.1, 0.15) is 0 Å². The maximum Gasteiger partial charge on any atom is 0.314 e. The Hall–Kier alpha value is -1.89. The molecule has 1 aromatic heterocycles. The Labute approximate surface area is 105 Å². The van der Waals surface area contributed by atoms with Gasteiger partial charge < -0.3 is 4.74 Å². The van der Waals surface area contributed by atoms with Crippen LogP contribution in [0, 0.1) is 0 Å². The predicted octanol–water partition coefficient (Wildman–Crippen LogP) is 0.894. The number of benzene rings is 1. The molecule has 0 radical (unpaired) electrons. The van der Waals surface area contributed by atoms with Crippen molar-refractivity contribution in [2.45, 2.75) is 4.90 Å². The summed E-state index contributed by atoms with van der Waals surface area (Å²) >= 11 is 0. The fraction of sp³-hybridized carbons (Fsp3) is 0.273. The van der Waals surface area contributed by atoms with Crippen molar-refractivity contribution in [1.82, 2.24) is 14.8 Å². The van der Waals surface area contributed by atoms with Crippen LogP contribution >= 0.6 is 0 Å². The number of rotatable bonds is 3. The molecule has 0 amide bonds. The third kappa shape index (κ3) is 2.35.